The predicted molar refractivity (Wildman–Crippen MR) is 72.3 cm³/mol. The molecule has 1 N–H and O–H groups in total. The molecule has 0 aliphatic heterocycles. The van der Waals surface area contributed by atoms with E-state index in [4.69, 9.17) is 11.6 Å². The lowest BCUT2D eigenvalue weighted by molar-refractivity contribution is 1.13. The molecule has 0 fully saturated rings. The molecule has 0 amide bonds. The lowest BCUT2D eigenvalue weighted by Crippen LogP contribution is -2.05. The fourth-order valence-corrected chi connectivity index (χ4v) is 2.73. The Morgan fingerprint density at radius 2 is 2.06 bits per heavy atom. The molecule has 0 radical (unpaired) electrons. The second-order valence-corrected chi connectivity index (χ2v) is 5.29. The minimum Gasteiger partial charge on any atom is -0.311 e. The van der Waals surface area contributed by atoms with E-state index in [-0.39, 0.29) is 5.56 Å². The fourth-order valence-electron chi connectivity index (χ4n) is 1.66. The Balaban J connectivity index is 1.98. The van der Waals surface area contributed by atoms with Crippen LogP contribution >= 0.6 is 22.9 Å². The van der Waals surface area contributed by atoms with Gasteiger partial charge in [0.25, 0.3) is 5.56 Å². The first kappa shape index (κ1) is 11.4. The van der Waals surface area contributed by atoms with Crippen molar-refractivity contribution in [3.63, 3.8) is 0 Å². The number of halogens is 1. The molecule has 2 aromatic heterocycles. The summed E-state index contributed by atoms with van der Waals surface area (Å²) in [5.41, 5.74) is 1.32. The van der Waals surface area contributed by atoms with Gasteiger partial charge in [-0.25, -0.2) is 9.97 Å². The molecular weight excluding hydrogens is 270 g/mol. The number of benzene rings is 1. The van der Waals surface area contributed by atoms with Crippen LogP contribution in [0.3, 0.4) is 0 Å². The summed E-state index contributed by atoms with van der Waals surface area (Å²) in [6.07, 6.45) is 2.08. The van der Waals surface area contributed by atoms with Gasteiger partial charge in [-0.3, -0.25) is 4.79 Å². The van der Waals surface area contributed by atoms with E-state index in [9.17, 15) is 4.79 Å². The summed E-state index contributed by atoms with van der Waals surface area (Å²) in [5.74, 6) is 0. The van der Waals surface area contributed by atoms with E-state index in [1.165, 1.54) is 17.7 Å². The number of nitrogens with one attached hydrogen (secondary N) is 1. The van der Waals surface area contributed by atoms with E-state index in [1.807, 2.05) is 24.3 Å². The minimum atomic E-state index is -0.196. The molecule has 6 heteroatoms. The van der Waals surface area contributed by atoms with Gasteiger partial charge in [-0.15, -0.1) is 0 Å². The summed E-state index contributed by atoms with van der Waals surface area (Å²) in [4.78, 5) is 23.1. The Morgan fingerprint density at radius 3 is 2.78 bits per heavy atom. The molecule has 0 saturated heterocycles. The average Bonchev–Trinajstić information content (AvgIpc) is 2.76. The van der Waals surface area contributed by atoms with Crippen molar-refractivity contribution in [2.24, 2.45) is 0 Å². The highest BCUT2D eigenvalue weighted by atomic mass is 35.5. The monoisotopic (exact) mass is 277 g/mol. The van der Waals surface area contributed by atoms with Gasteiger partial charge in [-0.1, -0.05) is 35.1 Å². The van der Waals surface area contributed by atoms with Gasteiger partial charge >= 0.3 is 0 Å². The van der Waals surface area contributed by atoms with E-state index < -0.39 is 0 Å². The van der Waals surface area contributed by atoms with Crippen LogP contribution in [0, 0.1) is 0 Å². The molecule has 0 unspecified atom stereocenters. The van der Waals surface area contributed by atoms with Gasteiger partial charge in [0.05, 0.1) is 6.33 Å². The van der Waals surface area contributed by atoms with E-state index in [2.05, 4.69) is 15.0 Å². The number of thiazole rings is 1. The molecule has 0 bridgehead atoms. The van der Waals surface area contributed by atoms with E-state index in [0.717, 1.165) is 10.6 Å². The lowest BCUT2D eigenvalue weighted by atomic mass is 10.2. The molecule has 18 heavy (non-hydrogen) atoms. The van der Waals surface area contributed by atoms with Crippen LogP contribution in [0.25, 0.3) is 10.3 Å². The zero-order valence-corrected chi connectivity index (χ0v) is 10.8. The number of H-pyrrole nitrogens is 1. The van der Waals surface area contributed by atoms with Gasteiger partial charge in [0, 0.05) is 11.4 Å². The third kappa shape index (κ3) is 2.14. The van der Waals surface area contributed by atoms with E-state index >= 15 is 0 Å². The van der Waals surface area contributed by atoms with Crippen LogP contribution in [0.15, 0.2) is 35.4 Å². The van der Waals surface area contributed by atoms with Crippen molar-refractivity contribution in [1.82, 2.24) is 15.0 Å². The topological polar surface area (TPSA) is 58.6 Å². The highest BCUT2D eigenvalue weighted by Gasteiger charge is 2.08. The minimum absolute atomic E-state index is 0.196. The van der Waals surface area contributed by atoms with Crippen LogP contribution in [0.1, 0.15) is 10.6 Å². The third-order valence-electron chi connectivity index (χ3n) is 2.51. The largest absolute Gasteiger partial charge is 0.311 e. The summed E-state index contributed by atoms with van der Waals surface area (Å²) >= 11 is 7.27. The van der Waals surface area contributed by atoms with Crippen molar-refractivity contribution < 1.29 is 0 Å². The van der Waals surface area contributed by atoms with E-state index in [0.29, 0.717) is 21.8 Å². The van der Waals surface area contributed by atoms with Crippen molar-refractivity contribution in [3.8, 4) is 0 Å². The zero-order valence-electron chi connectivity index (χ0n) is 9.18. The Labute approximate surface area is 111 Å². The van der Waals surface area contributed by atoms with Crippen LogP contribution in [0.2, 0.25) is 5.02 Å². The number of hydrogen-bond acceptors (Lipinski definition) is 4. The van der Waals surface area contributed by atoms with Crippen molar-refractivity contribution in [3.05, 3.63) is 56.5 Å². The average molecular weight is 278 g/mol. The van der Waals surface area contributed by atoms with Gasteiger partial charge in [0.2, 0.25) is 0 Å². The maximum Gasteiger partial charge on any atom is 0.278 e. The first-order valence-corrected chi connectivity index (χ1v) is 6.49. The second-order valence-electron chi connectivity index (χ2n) is 3.80. The van der Waals surface area contributed by atoms with Crippen LogP contribution in [-0.2, 0) is 6.42 Å². The Kier molecular flexibility index (Phi) is 2.85. The highest BCUT2D eigenvalue weighted by molar-refractivity contribution is 7.18. The summed E-state index contributed by atoms with van der Waals surface area (Å²) in [6, 6.07) is 7.59. The number of nitrogens with zero attached hydrogens (tertiary/aromatic N) is 2. The number of hydrogen-bond donors (Lipinski definition) is 1. The first-order chi connectivity index (χ1) is 8.72. The molecule has 1 aromatic carbocycles. The summed E-state index contributed by atoms with van der Waals surface area (Å²) in [7, 11) is 0. The van der Waals surface area contributed by atoms with Gasteiger partial charge in [-0.05, 0) is 17.7 Å². The maximum absolute atomic E-state index is 11.5. The molecule has 0 saturated carbocycles. The molecule has 0 atom stereocenters. The van der Waals surface area contributed by atoms with Crippen molar-refractivity contribution >= 4 is 33.3 Å². The van der Waals surface area contributed by atoms with Crippen LogP contribution in [0.4, 0.5) is 0 Å². The quantitative estimate of drug-likeness (QED) is 0.783. The van der Waals surface area contributed by atoms with Gasteiger partial charge < -0.3 is 4.98 Å². The normalized spacial score (nSPS) is 10.9. The lowest BCUT2D eigenvalue weighted by Gasteiger charge is -1.97. The van der Waals surface area contributed by atoms with Gasteiger partial charge in [0.15, 0.2) is 10.3 Å². The Morgan fingerprint density at radius 1 is 1.28 bits per heavy atom. The van der Waals surface area contributed by atoms with Gasteiger partial charge in [0.1, 0.15) is 5.01 Å². The zero-order chi connectivity index (χ0) is 12.5. The van der Waals surface area contributed by atoms with Crippen LogP contribution in [0.5, 0.6) is 0 Å². The SMILES string of the molecule is O=c1[nH]cnc2sc(Cc3ccc(Cl)cc3)nc12. The number of aromatic nitrogens is 3. The van der Waals surface area contributed by atoms with Crippen LogP contribution < -0.4 is 5.56 Å². The predicted octanol–water partition coefficient (Wildman–Crippen LogP) is 2.62. The molecule has 90 valence electrons. The second kappa shape index (κ2) is 4.51. The van der Waals surface area contributed by atoms with Crippen molar-refractivity contribution in [2.45, 2.75) is 6.42 Å². The molecule has 2 heterocycles. The molecule has 4 nitrogen and oxygen atoms in total. The third-order valence-corrected chi connectivity index (χ3v) is 3.73. The summed E-state index contributed by atoms with van der Waals surface area (Å²) < 4.78 is 0. The Bertz CT molecular complexity index is 748. The van der Waals surface area contributed by atoms with Crippen LogP contribution in [-0.4, -0.2) is 15.0 Å². The summed E-state index contributed by atoms with van der Waals surface area (Å²) in [5, 5.41) is 1.58. The smallest absolute Gasteiger partial charge is 0.278 e. The number of rotatable bonds is 2. The Hall–Kier alpha value is -1.72. The number of aromatic amines is 1. The first-order valence-electron chi connectivity index (χ1n) is 5.30. The highest BCUT2D eigenvalue weighted by Crippen LogP contribution is 2.20. The molecule has 3 rings (SSSR count). The molecule has 0 aliphatic carbocycles. The van der Waals surface area contributed by atoms with Gasteiger partial charge in [-0.2, -0.15) is 0 Å². The number of fused-ring (bicyclic) bond motifs is 1. The maximum atomic E-state index is 11.5. The summed E-state index contributed by atoms with van der Waals surface area (Å²) in [6.45, 7) is 0. The molecule has 3 aromatic rings. The molecular formula is C12H8ClN3OS. The standard InChI is InChI=1S/C12H8ClN3OS/c13-8-3-1-7(2-4-8)5-9-16-10-11(17)14-6-15-12(10)18-9/h1-4,6H,5H2,(H,14,15,17). The van der Waals surface area contributed by atoms with Crippen molar-refractivity contribution in [1.29, 1.82) is 0 Å². The fraction of sp³-hybridized carbons (Fsp3) is 0.0833. The molecule has 0 aliphatic rings. The van der Waals surface area contributed by atoms with E-state index in [1.54, 1.807) is 0 Å². The molecule has 0 spiro atoms. The van der Waals surface area contributed by atoms with Crippen molar-refractivity contribution in [2.75, 3.05) is 0 Å².